The monoisotopic (exact) mass is 277 g/mol. The molecule has 102 valence electrons. The molecule has 4 nitrogen and oxygen atoms in total. The first-order chi connectivity index (χ1) is 9.22. The number of anilines is 2. The van der Waals surface area contributed by atoms with Crippen molar-refractivity contribution in [2.45, 2.75) is 19.4 Å². The van der Waals surface area contributed by atoms with E-state index in [0.29, 0.717) is 11.9 Å². The minimum atomic E-state index is 0.322. The van der Waals surface area contributed by atoms with Crippen molar-refractivity contribution in [3.05, 3.63) is 30.3 Å². The molecule has 2 aromatic rings. The molecule has 0 fully saturated rings. The van der Waals surface area contributed by atoms with Gasteiger partial charge in [-0.15, -0.1) is 0 Å². The van der Waals surface area contributed by atoms with Crippen LogP contribution in [0, 0.1) is 0 Å². The zero-order valence-corrected chi connectivity index (χ0v) is 12.0. The Morgan fingerprint density at radius 3 is 2.79 bits per heavy atom. The molecular formula is C14H19N3OS. The number of hydrogen-bond acceptors (Lipinski definition) is 5. The molecule has 0 saturated heterocycles. The van der Waals surface area contributed by atoms with Crippen molar-refractivity contribution in [2.24, 2.45) is 0 Å². The highest BCUT2D eigenvalue weighted by Gasteiger charge is 2.15. The van der Waals surface area contributed by atoms with Crippen LogP contribution in [0.1, 0.15) is 13.3 Å². The second-order valence-electron chi connectivity index (χ2n) is 4.46. The van der Waals surface area contributed by atoms with Gasteiger partial charge in [-0.25, -0.2) is 0 Å². The van der Waals surface area contributed by atoms with Gasteiger partial charge in [0.2, 0.25) is 0 Å². The van der Waals surface area contributed by atoms with E-state index >= 15 is 0 Å². The lowest BCUT2D eigenvalue weighted by molar-refractivity contribution is 0.191. The van der Waals surface area contributed by atoms with Crippen LogP contribution < -0.4 is 11.1 Å². The first-order valence-corrected chi connectivity index (χ1v) is 7.05. The zero-order valence-electron chi connectivity index (χ0n) is 11.2. The van der Waals surface area contributed by atoms with Gasteiger partial charge in [0.05, 0.1) is 5.56 Å². The Kier molecular flexibility index (Phi) is 4.76. The molecule has 0 aliphatic heterocycles. The minimum absolute atomic E-state index is 0.322. The molecule has 0 aliphatic carbocycles. The first kappa shape index (κ1) is 13.8. The van der Waals surface area contributed by atoms with Gasteiger partial charge in [-0.2, -0.15) is 4.37 Å². The van der Waals surface area contributed by atoms with Gasteiger partial charge in [-0.3, -0.25) is 0 Å². The number of methoxy groups -OCH3 is 1. The molecule has 0 radical (unpaired) electrons. The number of aromatic nitrogens is 1. The normalized spacial score (nSPS) is 12.3. The van der Waals surface area contributed by atoms with Gasteiger partial charge in [-0.1, -0.05) is 30.3 Å². The number of rotatable bonds is 6. The number of nitrogen functional groups attached to an aromatic ring is 1. The Balaban J connectivity index is 2.19. The quantitative estimate of drug-likeness (QED) is 0.851. The van der Waals surface area contributed by atoms with E-state index in [0.717, 1.165) is 29.2 Å². The molecule has 0 amide bonds. The molecule has 5 heteroatoms. The summed E-state index contributed by atoms with van der Waals surface area (Å²) in [4.78, 5) is 0. The lowest BCUT2D eigenvalue weighted by atomic mass is 10.1. The maximum absolute atomic E-state index is 5.98. The molecule has 0 spiro atoms. The summed E-state index contributed by atoms with van der Waals surface area (Å²) in [5.41, 5.74) is 8.07. The Hall–Kier alpha value is -1.59. The number of ether oxygens (including phenoxy) is 1. The fourth-order valence-electron chi connectivity index (χ4n) is 1.88. The number of benzene rings is 1. The van der Waals surface area contributed by atoms with Crippen LogP contribution in [0.2, 0.25) is 0 Å². The van der Waals surface area contributed by atoms with Crippen molar-refractivity contribution >= 4 is 22.4 Å². The SMILES string of the molecule is COCCC(C)Nc1snc(N)c1-c1ccccc1. The molecule has 3 N–H and O–H groups in total. The molecule has 1 aromatic carbocycles. The van der Waals surface area contributed by atoms with E-state index in [9.17, 15) is 0 Å². The lowest BCUT2D eigenvalue weighted by Crippen LogP contribution is -2.16. The number of nitrogens with zero attached hydrogens (tertiary/aromatic N) is 1. The maximum atomic E-state index is 5.98. The number of nitrogens with one attached hydrogen (secondary N) is 1. The molecular weight excluding hydrogens is 258 g/mol. The third-order valence-electron chi connectivity index (χ3n) is 2.91. The zero-order chi connectivity index (χ0) is 13.7. The van der Waals surface area contributed by atoms with Gasteiger partial charge in [-0.05, 0) is 30.4 Å². The van der Waals surface area contributed by atoms with Gasteiger partial charge < -0.3 is 15.8 Å². The van der Waals surface area contributed by atoms with E-state index in [2.05, 4.69) is 16.6 Å². The predicted octanol–water partition coefficient (Wildman–Crippen LogP) is 3.23. The Labute approximate surface area is 117 Å². The summed E-state index contributed by atoms with van der Waals surface area (Å²) in [7, 11) is 1.72. The predicted molar refractivity (Wildman–Crippen MR) is 81.5 cm³/mol. The van der Waals surface area contributed by atoms with Crippen LogP contribution in [-0.4, -0.2) is 24.1 Å². The summed E-state index contributed by atoms with van der Waals surface area (Å²) >= 11 is 1.41. The summed E-state index contributed by atoms with van der Waals surface area (Å²) in [5.74, 6) is 0.581. The summed E-state index contributed by atoms with van der Waals surface area (Å²) < 4.78 is 9.35. The van der Waals surface area contributed by atoms with Crippen molar-refractivity contribution in [1.82, 2.24) is 4.37 Å². The molecule has 0 saturated carbocycles. The molecule has 1 heterocycles. The van der Waals surface area contributed by atoms with Crippen LogP contribution in [0.15, 0.2) is 30.3 Å². The number of nitrogens with two attached hydrogens (primary N) is 1. The van der Waals surface area contributed by atoms with E-state index in [1.807, 2.05) is 30.3 Å². The highest BCUT2D eigenvalue weighted by molar-refractivity contribution is 7.11. The Bertz CT molecular complexity index is 513. The average Bonchev–Trinajstić information content (AvgIpc) is 2.78. The summed E-state index contributed by atoms with van der Waals surface area (Å²) in [6.07, 6.45) is 0.947. The van der Waals surface area contributed by atoms with E-state index in [1.165, 1.54) is 11.5 Å². The van der Waals surface area contributed by atoms with Gasteiger partial charge in [0.25, 0.3) is 0 Å². The maximum Gasteiger partial charge on any atom is 0.147 e. The average molecular weight is 277 g/mol. The highest BCUT2D eigenvalue weighted by atomic mass is 32.1. The van der Waals surface area contributed by atoms with Gasteiger partial charge in [0.15, 0.2) is 0 Å². The third kappa shape index (κ3) is 3.45. The van der Waals surface area contributed by atoms with E-state index in [-0.39, 0.29) is 0 Å². The third-order valence-corrected chi connectivity index (χ3v) is 3.71. The molecule has 0 aliphatic rings. The van der Waals surface area contributed by atoms with Crippen LogP contribution in [0.5, 0.6) is 0 Å². The van der Waals surface area contributed by atoms with Gasteiger partial charge in [0, 0.05) is 19.8 Å². The molecule has 0 bridgehead atoms. The second kappa shape index (κ2) is 6.54. The van der Waals surface area contributed by atoms with E-state index in [4.69, 9.17) is 10.5 Å². The standard InChI is InChI=1S/C14H19N3OS/c1-10(8-9-18-2)16-14-12(13(15)17-19-14)11-6-4-3-5-7-11/h3-7,10,16H,8-9H2,1-2H3,(H2,15,17). The van der Waals surface area contributed by atoms with Crippen molar-refractivity contribution in [3.8, 4) is 11.1 Å². The van der Waals surface area contributed by atoms with E-state index in [1.54, 1.807) is 7.11 Å². The van der Waals surface area contributed by atoms with Crippen molar-refractivity contribution in [3.63, 3.8) is 0 Å². The molecule has 1 unspecified atom stereocenters. The van der Waals surface area contributed by atoms with Crippen LogP contribution in [0.4, 0.5) is 10.8 Å². The largest absolute Gasteiger partial charge is 0.385 e. The highest BCUT2D eigenvalue weighted by Crippen LogP contribution is 2.37. The van der Waals surface area contributed by atoms with E-state index < -0.39 is 0 Å². The number of hydrogen-bond donors (Lipinski definition) is 2. The summed E-state index contributed by atoms with van der Waals surface area (Å²) in [6, 6.07) is 10.4. The molecule has 1 aromatic heterocycles. The van der Waals surface area contributed by atoms with Crippen LogP contribution in [-0.2, 0) is 4.74 Å². The molecule has 1 atom stereocenters. The second-order valence-corrected chi connectivity index (χ2v) is 5.24. The fourth-order valence-corrected chi connectivity index (χ4v) is 2.72. The Morgan fingerprint density at radius 2 is 2.11 bits per heavy atom. The minimum Gasteiger partial charge on any atom is -0.385 e. The smallest absolute Gasteiger partial charge is 0.147 e. The van der Waals surface area contributed by atoms with Gasteiger partial charge in [0.1, 0.15) is 10.8 Å². The molecule has 19 heavy (non-hydrogen) atoms. The van der Waals surface area contributed by atoms with Crippen molar-refractivity contribution < 1.29 is 4.74 Å². The topological polar surface area (TPSA) is 60.2 Å². The lowest BCUT2D eigenvalue weighted by Gasteiger charge is -2.14. The molecule has 2 rings (SSSR count). The fraction of sp³-hybridized carbons (Fsp3) is 0.357. The first-order valence-electron chi connectivity index (χ1n) is 6.28. The van der Waals surface area contributed by atoms with Crippen molar-refractivity contribution in [2.75, 3.05) is 24.8 Å². The van der Waals surface area contributed by atoms with Gasteiger partial charge >= 0.3 is 0 Å². The summed E-state index contributed by atoms with van der Waals surface area (Å²) in [5, 5.41) is 4.48. The Morgan fingerprint density at radius 1 is 1.37 bits per heavy atom. The van der Waals surface area contributed by atoms with Crippen molar-refractivity contribution in [1.29, 1.82) is 0 Å². The van der Waals surface area contributed by atoms with Crippen LogP contribution in [0.25, 0.3) is 11.1 Å². The summed E-state index contributed by atoms with van der Waals surface area (Å²) in [6.45, 7) is 2.87. The van der Waals surface area contributed by atoms with Crippen LogP contribution >= 0.6 is 11.5 Å². The van der Waals surface area contributed by atoms with Crippen LogP contribution in [0.3, 0.4) is 0 Å².